The number of carbonyl (C=O) groups is 8. The number of aliphatic hydroxyl groups excluding tert-OH is 1. The lowest BCUT2D eigenvalue weighted by molar-refractivity contribution is -0.172. The smallest absolute Gasteiger partial charge is 0.313 e. The molecule has 18 nitrogen and oxygen atoms in total. The topological polar surface area (TPSA) is 251 Å². The van der Waals surface area contributed by atoms with Gasteiger partial charge in [0.05, 0.1) is 93.1 Å². The maximum Gasteiger partial charge on any atom is 0.313 e. The minimum absolute atomic E-state index is 0.00796. The number of hydrogen-bond acceptors (Lipinski definition) is 18. The van der Waals surface area contributed by atoms with Gasteiger partial charge in [-0.25, -0.2) is 0 Å². The highest BCUT2D eigenvalue weighted by Crippen LogP contribution is 2.46. The first-order valence-electron chi connectivity index (χ1n) is 29.7. The molecule has 8 aliphatic rings. The Kier molecular flexibility index (Phi) is 27.3. The van der Waals surface area contributed by atoms with E-state index in [1.54, 1.807) is 13.8 Å². The van der Waals surface area contributed by atoms with E-state index in [1.165, 1.54) is 0 Å². The van der Waals surface area contributed by atoms with Crippen molar-refractivity contribution < 1.29 is 86.5 Å². The van der Waals surface area contributed by atoms with Gasteiger partial charge in [0, 0.05) is 36.2 Å². The zero-order valence-corrected chi connectivity index (χ0v) is 55.6. The second-order valence-corrected chi connectivity index (χ2v) is 30.6. The fourth-order valence-corrected chi connectivity index (χ4v) is 9.22. The van der Waals surface area contributed by atoms with Crippen LogP contribution < -0.4 is 0 Å². The maximum atomic E-state index is 11.3. The van der Waals surface area contributed by atoms with Crippen LogP contribution in [0.3, 0.4) is 0 Å². The third-order valence-electron chi connectivity index (χ3n) is 18.1. The van der Waals surface area contributed by atoms with Gasteiger partial charge in [0.25, 0.3) is 0 Å². The normalized spacial score (nSPS) is 27.9. The summed E-state index contributed by atoms with van der Waals surface area (Å²) in [6.07, 6.45) is 8.08. The van der Waals surface area contributed by atoms with Crippen molar-refractivity contribution in [3.05, 3.63) is 12.2 Å². The summed E-state index contributed by atoms with van der Waals surface area (Å²) >= 11 is 0. The highest BCUT2D eigenvalue weighted by atomic mass is 16.6. The fraction of sp³-hybridized carbons (Fsp3) is 0.846. The quantitative estimate of drug-likeness (QED) is 0.151. The van der Waals surface area contributed by atoms with E-state index < -0.39 is 11.2 Å². The Balaban J connectivity index is 0.000000475. The number of hydrogen-bond donors (Lipinski definition) is 2. The molecule has 4 unspecified atom stereocenters. The first kappa shape index (κ1) is 76.4. The molecule has 8 aliphatic heterocycles. The second-order valence-electron chi connectivity index (χ2n) is 30.6. The van der Waals surface area contributed by atoms with Crippen LogP contribution in [-0.4, -0.2) is 122 Å². The highest BCUT2D eigenvalue weighted by Gasteiger charge is 2.49. The van der Waals surface area contributed by atoms with Crippen molar-refractivity contribution in [3.8, 4) is 0 Å². The lowest BCUT2D eigenvalue weighted by atomic mass is 9.65. The van der Waals surface area contributed by atoms with Gasteiger partial charge in [0.2, 0.25) is 0 Å². The standard InChI is InChI=1S/C10H16O2.C9H16O3.2C9H16O2.C7H12O3.3C7H12O2/c1-7(10(2,3)4)8-5-6-12-9(8)11;1-8(2)6-9(3,4-5-10)12-7(8)11;1-8(2)5-7(10)11-6-9(8,3)4;1-8(2)5-6-11-7(10)9(8,3)4;1-7(2,9)5-3-6(8)10-4-5;1-5-7(2,3)4-6(8)9-5;1-7(2)3-4-9-6(8)5-7;1-7(2)4-3-5-9-6(7)8/h8H,1,5-6H2,2-4H3;10H,4-6H2,1-3H3;2*5-6H2,1-4H3;5,9H,3-4H2,1-2H3;5H,4H2,1-3H3;2*3-5H2,1-2H3. The summed E-state index contributed by atoms with van der Waals surface area (Å²) in [5.41, 5.74) is -0.689. The summed E-state index contributed by atoms with van der Waals surface area (Å²) in [5.74, 6) is -0.832. The van der Waals surface area contributed by atoms with E-state index >= 15 is 0 Å². The average molecular weight is 1180 g/mol. The minimum atomic E-state index is -0.786. The molecule has 83 heavy (non-hydrogen) atoms. The molecule has 8 saturated heterocycles. The number of ether oxygens (including phenoxy) is 8. The summed E-state index contributed by atoms with van der Waals surface area (Å²) in [5, 5.41) is 18.2. The molecule has 8 rings (SSSR count). The molecule has 0 aromatic carbocycles. The second kappa shape index (κ2) is 29.7. The van der Waals surface area contributed by atoms with E-state index in [1.807, 2.05) is 69.2 Å². The van der Waals surface area contributed by atoms with Crippen LogP contribution in [0.15, 0.2) is 12.2 Å². The van der Waals surface area contributed by atoms with Crippen molar-refractivity contribution in [1.82, 2.24) is 0 Å². The van der Waals surface area contributed by atoms with Crippen molar-refractivity contribution in [2.24, 2.45) is 60.6 Å². The van der Waals surface area contributed by atoms with Crippen molar-refractivity contribution in [3.63, 3.8) is 0 Å². The van der Waals surface area contributed by atoms with Crippen LogP contribution in [0.1, 0.15) is 230 Å². The zero-order valence-electron chi connectivity index (χ0n) is 55.6. The number of cyclic esters (lactones) is 8. The number of rotatable bonds is 4. The minimum Gasteiger partial charge on any atom is -0.466 e. The number of aliphatic hydroxyl groups is 2. The predicted octanol–water partition coefficient (Wildman–Crippen LogP) is 11.6. The molecule has 0 amide bonds. The SMILES string of the molecule is C=C(C1CCOC1=O)C(C)(C)C.CC(C)(O)C1COC(=O)C1.CC1(C)CCCOC1=O.CC1(C)CCOC(=O)C1.CC1(C)CCOC(=O)C1(C)C.CC1(C)COC(=O)CC1(C)C.CC1(CCO)CC(C)(C)C(=O)O1.CC1OC(=O)CC1(C)C. The van der Waals surface area contributed by atoms with Crippen LogP contribution in [-0.2, 0) is 76.3 Å². The summed E-state index contributed by atoms with van der Waals surface area (Å²) in [6.45, 7) is 53.2. The molecular weight excluding hydrogens is 1070 g/mol. The molecule has 4 atom stereocenters. The molecule has 18 heteroatoms. The van der Waals surface area contributed by atoms with Crippen molar-refractivity contribution in [1.29, 1.82) is 0 Å². The van der Waals surface area contributed by atoms with Gasteiger partial charge in [-0.15, -0.1) is 0 Å². The van der Waals surface area contributed by atoms with Gasteiger partial charge in [-0.3, -0.25) is 38.4 Å². The third kappa shape index (κ3) is 24.4. The molecular formula is C65H112O18. The van der Waals surface area contributed by atoms with Crippen LogP contribution in [0.5, 0.6) is 0 Å². The van der Waals surface area contributed by atoms with Crippen molar-refractivity contribution >= 4 is 47.8 Å². The molecule has 0 saturated carbocycles. The maximum absolute atomic E-state index is 11.3. The fourth-order valence-electron chi connectivity index (χ4n) is 9.22. The Morgan fingerprint density at radius 3 is 1.43 bits per heavy atom. The van der Waals surface area contributed by atoms with Crippen LogP contribution in [0, 0.1) is 60.6 Å². The van der Waals surface area contributed by atoms with Gasteiger partial charge in [-0.1, -0.05) is 102 Å². The number of carbonyl (C=O) groups excluding carboxylic acids is 8. The Morgan fingerprint density at radius 2 is 1.13 bits per heavy atom. The first-order valence-corrected chi connectivity index (χ1v) is 29.7. The van der Waals surface area contributed by atoms with Crippen LogP contribution in [0.25, 0.3) is 0 Å². The monoisotopic (exact) mass is 1180 g/mol. The lowest BCUT2D eigenvalue weighted by Gasteiger charge is -2.44. The highest BCUT2D eigenvalue weighted by molar-refractivity contribution is 5.79. The van der Waals surface area contributed by atoms with Gasteiger partial charge in [-0.2, -0.15) is 0 Å². The van der Waals surface area contributed by atoms with E-state index in [0.29, 0.717) is 78.2 Å². The molecule has 0 aromatic heterocycles. The van der Waals surface area contributed by atoms with Gasteiger partial charge >= 0.3 is 47.8 Å². The van der Waals surface area contributed by atoms with E-state index in [4.69, 9.17) is 43.0 Å². The molecule has 0 aromatic rings. The van der Waals surface area contributed by atoms with Crippen LogP contribution in [0.4, 0.5) is 0 Å². The molecule has 8 fully saturated rings. The molecule has 480 valence electrons. The van der Waals surface area contributed by atoms with Crippen molar-refractivity contribution in [2.45, 2.75) is 247 Å². The van der Waals surface area contributed by atoms with Crippen LogP contribution >= 0.6 is 0 Å². The van der Waals surface area contributed by atoms with E-state index in [0.717, 1.165) is 37.7 Å². The van der Waals surface area contributed by atoms with Gasteiger partial charge < -0.3 is 48.1 Å². The molecule has 0 bridgehead atoms. The van der Waals surface area contributed by atoms with E-state index in [-0.39, 0.29) is 121 Å². The molecule has 0 radical (unpaired) electrons. The average Bonchev–Trinajstić information content (AvgIpc) is 4.06. The summed E-state index contributed by atoms with van der Waals surface area (Å²) in [6, 6.07) is 0. The Hall–Kier alpha value is -4.58. The summed E-state index contributed by atoms with van der Waals surface area (Å²) in [7, 11) is 0. The molecule has 0 spiro atoms. The Labute approximate surface area is 498 Å². The summed E-state index contributed by atoms with van der Waals surface area (Å²) < 4.78 is 39.3. The lowest BCUT2D eigenvalue weighted by Crippen LogP contribution is -2.45. The van der Waals surface area contributed by atoms with Crippen molar-refractivity contribution in [2.75, 3.05) is 46.2 Å². The number of esters is 8. The van der Waals surface area contributed by atoms with Gasteiger partial charge in [0.1, 0.15) is 11.7 Å². The Bertz CT molecular complexity index is 2220. The van der Waals surface area contributed by atoms with Gasteiger partial charge in [-0.05, 0) is 123 Å². The van der Waals surface area contributed by atoms with E-state index in [2.05, 4.69) is 82.7 Å². The molecule has 0 aliphatic carbocycles. The first-order chi connectivity index (χ1) is 37.3. The zero-order chi connectivity index (χ0) is 64.8. The molecule has 8 heterocycles. The third-order valence-corrected chi connectivity index (χ3v) is 18.1. The predicted molar refractivity (Wildman–Crippen MR) is 316 cm³/mol. The largest absolute Gasteiger partial charge is 0.466 e. The van der Waals surface area contributed by atoms with Gasteiger partial charge in [0.15, 0.2) is 0 Å². The van der Waals surface area contributed by atoms with Crippen LogP contribution in [0.2, 0.25) is 0 Å². The van der Waals surface area contributed by atoms with E-state index in [9.17, 15) is 43.5 Å². The molecule has 2 N–H and O–H groups in total. The Morgan fingerprint density at radius 1 is 0.578 bits per heavy atom. The summed E-state index contributed by atoms with van der Waals surface area (Å²) in [4.78, 5) is 87.5.